The Bertz CT molecular complexity index is 451. The van der Waals surface area contributed by atoms with Crippen LogP contribution < -0.4 is 3.78 Å². The quantitative estimate of drug-likeness (QED) is 0.415. The molecular formula is C19H32O3Sn. The van der Waals surface area contributed by atoms with Crippen LogP contribution in [0.2, 0.25) is 13.3 Å². The summed E-state index contributed by atoms with van der Waals surface area (Å²) >= 11 is -2.45. The molecule has 2 rings (SSSR count). The zero-order valence-corrected chi connectivity index (χ0v) is 17.8. The molecule has 23 heavy (non-hydrogen) atoms. The van der Waals surface area contributed by atoms with Crippen LogP contribution in [-0.4, -0.2) is 18.4 Å². The first-order valence-electron chi connectivity index (χ1n) is 9.32. The summed E-state index contributed by atoms with van der Waals surface area (Å²) in [5, 5.41) is 0. The van der Waals surface area contributed by atoms with Crippen LogP contribution in [0.3, 0.4) is 0 Å². The molecule has 0 saturated carbocycles. The van der Waals surface area contributed by atoms with Gasteiger partial charge in [-0.15, -0.1) is 0 Å². The number of furan rings is 1. The van der Waals surface area contributed by atoms with Gasteiger partial charge in [0.25, 0.3) is 0 Å². The molecule has 2 heterocycles. The Balaban J connectivity index is 2.21. The Hall–Kier alpha value is -0.581. The molecule has 0 N–H and O–H groups in total. The second-order valence-corrected chi connectivity index (χ2v) is 19.7. The Morgan fingerprint density at radius 1 is 0.826 bits per heavy atom. The number of hydrogen-bond acceptors (Lipinski definition) is 3. The SMILES string of the molecule is CCC[CH2][Sn]([CH2]CCC)([CH2]CCC)[c]1ccc(C2OC=CO2)o1. The van der Waals surface area contributed by atoms with E-state index in [4.69, 9.17) is 13.9 Å². The van der Waals surface area contributed by atoms with Gasteiger partial charge in [0.2, 0.25) is 0 Å². The van der Waals surface area contributed by atoms with Crippen LogP contribution >= 0.6 is 0 Å². The van der Waals surface area contributed by atoms with Gasteiger partial charge in [0.15, 0.2) is 0 Å². The summed E-state index contributed by atoms with van der Waals surface area (Å²) in [7, 11) is 0. The summed E-state index contributed by atoms with van der Waals surface area (Å²) in [6.45, 7) is 6.90. The van der Waals surface area contributed by atoms with Gasteiger partial charge in [-0.1, -0.05) is 0 Å². The Labute approximate surface area is 145 Å². The van der Waals surface area contributed by atoms with Gasteiger partial charge in [0.1, 0.15) is 0 Å². The van der Waals surface area contributed by atoms with E-state index in [1.54, 1.807) is 12.5 Å². The van der Waals surface area contributed by atoms with Crippen molar-refractivity contribution in [1.29, 1.82) is 0 Å². The molecule has 1 aliphatic heterocycles. The topological polar surface area (TPSA) is 31.6 Å². The third kappa shape index (κ3) is 4.94. The molecule has 1 aromatic heterocycles. The zero-order chi connectivity index (χ0) is 16.5. The van der Waals surface area contributed by atoms with Crippen LogP contribution in [0, 0.1) is 0 Å². The van der Waals surface area contributed by atoms with E-state index in [2.05, 4.69) is 32.9 Å². The number of ether oxygens (including phenoxy) is 2. The van der Waals surface area contributed by atoms with Crippen molar-refractivity contribution in [3.63, 3.8) is 0 Å². The number of rotatable bonds is 11. The van der Waals surface area contributed by atoms with E-state index in [0.717, 1.165) is 5.76 Å². The fraction of sp³-hybridized carbons (Fsp3) is 0.684. The molecule has 0 radical (unpaired) electrons. The number of unbranched alkanes of at least 4 members (excludes halogenated alkanes) is 3. The standard InChI is InChI=1S/C7H5O3.3C4H9.Sn/c1-2-6(8-3-1)7-9-4-5-10-7;3*1-3-4-2;/h1-2,4-5,7H;3*1,3-4H2,2H3;. The summed E-state index contributed by atoms with van der Waals surface area (Å²) in [5.41, 5.74) is 0. The Morgan fingerprint density at radius 2 is 1.35 bits per heavy atom. The maximum atomic E-state index is 6.33. The molecule has 130 valence electrons. The van der Waals surface area contributed by atoms with Crippen LogP contribution in [0.15, 0.2) is 29.1 Å². The molecule has 0 bridgehead atoms. The van der Waals surface area contributed by atoms with Crippen LogP contribution in [0.4, 0.5) is 0 Å². The summed E-state index contributed by atoms with van der Waals surface area (Å²) in [6.07, 6.45) is 10.7. The molecule has 4 heteroatoms. The van der Waals surface area contributed by atoms with E-state index in [9.17, 15) is 0 Å². The van der Waals surface area contributed by atoms with E-state index in [0.29, 0.717) is 0 Å². The van der Waals surface area contributed by atoms with Gasteiger partial charge >= 0.3 is 145 Å². The van der Waals surface area contributed by atoms with Crippen molar-refractivity contribution in [3.8, 4) is 0 Å². The Morgan fingerprint density at radius 3 is 1.83 bits per heavy atom. The zero-order valence-electron chi connectivity index (χ0n) is 15.0. The summed E-state index contributed by atoms with van der Waals surface area (Å²) in [5.74, 6) is 0.829. The molecule has 0 unspecified atom stereocenters. The molecule has 0 spiro atoms. The van der Waals surface area contributed by atoms with E-state index in [-0.39, 0.29) is 6.29 Å². The number of hydrogen-bond donors (Lipinski definition) is 0. The van der Waals surface area contributed by atoms with Gasteiger partial charge < -0.3 is 0 Å². The van der Waals surface area contributed by atoms with E-state index in [1.165, 1.54) is 55.6 Å². The molecule has 0 aliphatic carbocycles. The molecule has 0 saturated heterocycles. The first-order chi connectivity index (χ1) is 11.3. The minimum absolute atomic E-state index is 0.378. The van der Waals surface area contributed by atoms with Crippen LogP contribution in [0.1, 0.15) is 71.3 Å². The molecular weight excluding hydrogens is 395 g/mol. The van der Waals surface area contributed by atoms with Crippen LogP contribution in [-0.2, 0) is 9.47 Å². The molecule has 3 nitrogen and oxygen atoms in total. The van der Waals surface area contributed by atoms with Gasteiger partial charge in [0, 0.05) is 0 Å². The van der Waals surface area contributed by atoms with Gasteiger partial charge in [-0.05, 0) is 0 Å². The van der Waals surface area contributed by atoms with E-state index >= 15 is 0 Å². The van der Waals surface area contributed by atoms with E-state index in [1.807, 2.05) is 0 Å². The monoisotopic (exact) mass is 428 g/mol. The second kappa shape index (κ2) is 9.65. The Kier molecular flexibility index (Phi) is 7.87. The van der Waals surface area contributed by atoms with Gasteiger partial charge in [-0.25, -0.2) is 0 Å². The maximum absolute atomic E-state index is 6.33. The molecule has 1 aromatic rings. The molecule has 0 fully saturated rings. The molecule has 1 aliphatic rings. The predicted octanol–water partition coefficient (Wildman–Crippen LogP) is 5.85. The summed E-state index contributed by atoms with van der Waals surface area (Å²) in [6, 6.07) is 4.32. The van der Waals surface area contributed by atoms with Crippen LogP contribution in [0.5, 0.6) is 0 Å². The van der Waals surface area contributed by atoms with Crippen molar-refractivity contribution in [3.05, 3.63) is 30.4 Å². The van der Waals surface area contributed by atoms with Gasteiger partial charge in [-0.2, -0.15) is 0 Å². The summed E-state index contributed by atoms with van der Waals surface area (Å²) < 4.78 is 22.8. The predicted molar refractivity (Wildman–Crippen MR) is 97.3 cm³/mol. The van der Waals surface area contributed by atoms with Gasteiger partial charge in [-0.3, -0.25) is 0 Å². The third-order valence-corrected chi connectivity index (χ3v) is 19.8. The average molecular weight is 427 g/mol. The van der Waals surface area contributed by atoms with Crippen molar-refractivity contribution >= 4 is 22.2 Å². The fourth-order valence-electron chi connectivity index (χ4n) is 3.43. The third-order valence-electron chi connectivity index (χ3n) is 4.87. The normalized spacial score (nSPS) is 14.9. The van der Waals surface area contributed by atoms with Crippen LogP contribution in [0.25, 0.3) is 0 Å². The van der Waals surface area contributed by atoms with Crippen molar-refractivity contribution in [2.24, 2.45) is 0 Å². The molecule has 0 aromatic carbocycles. The molecule has 0 atom stereocenters. The minimum atomic E-state index is -2.45. The first kappa shape index (κ1) is 18.8. The van der Waals surface area contributed by atoms with Crippen molar-refractivity contribution in [2.45, 2.75) is 78.9 Å². The first-order valence-corrected chi connectivity index (χ1v) is 16.8. The van der Waals surface area contributed by atoms with E-state index < -0.39 is 18.4 Å². The average Bonchev–Trinajstić information content (AvgIpc) is 3.25. The summed E-state index contributed by atoms with van der Waals surface area (Å²) in [4.78, 5) is 0. The van der Waals surface area contributed by atoms with Crippen molar-refractivity contribution in [2.75, 3.05) is 0 Å². The van der Waals surface area contributed by atoms with Gasteiger partial charge in [0.05, 0.1) is 0 Å². The van der Waals surface area contributed by atoms with Crippen molar-refractivity contribution < 1.29 is 13.9 Å². The second-order valence-electron chi connectivity index (χ2n) is 6.67. The van der Waals surface area contributed by atoms with Crippen molar-refractivity contribution in [1.82, 2.24) is 0 Å². The molecule has 0 amide bonds. The fourth-order valence-corrected chi connectivity index (χ4v) is 18.7.